The van der Waals surface area contributed by atoms with Gasteiger partial charge in [-0.15, -0.1) is 0 Å². The fourth-order valence-corrected chi connectivity index (χ4v) is 1.18. The molecule has 0 unspecified atom stereocenters. The van der Waals surface area contributed by atoms with Crippen LogP contribution in [0.5, 0.6) is 0 Å². The lowest BCUT2D eigenvalue weighted by Gasteiger charge is -1.89. The van der Waals surface area contributed by atoms with Gasteiger partial charge in [0.1, 0.15) is 0 Å². The highest BCUT2D eigenvalue weighted by atomic mass is 16.5. The van der Waals surface area contributed by atoms with Crippen molar-refractivity contribution in [1.29, 1.82) is 0 Å². The van der Waals surface area contributed by atoms with E-state index in [4.69, 9.17) is 4.52 Å². The molecule has 5 nitrogen and oxygen atoms in total. The Morgan fingerprint density at radius 1 is 1.50 bits per heavy atom. The quantitative estimate of drug-likeness (QED) is 0.739. The van der Waals surface area contributed by atoms with Gasteiger partial charge in [0.15, 0.2) is 0 Å². The van der Waals surface area contributed by atoms with E-state index in [1.54, 1.807) is 4.68 Å². The molecule has 0 aliphatic rings. The lowest BCUT2D eigenvalue weighted by atomic mass is 10.3. The topological polar surface area (TPSA) is 56.7 Å². The molecular weight excluding hydrogens is 180 g/mol. The van der Waals surface area contributed by atoms with Gasteiger partial charge in [0, 0.05) is 12.6 Å². The van der Waals surface area contributed by atoms with Crippen molar-refractivity contribution in [2.45, 2.75) is 26.7 Å². The number of aromatic nitrogens is 4. The molecule has 0 N–H and O–H groups in total. The Morgan fingerprint density at radius 3 is 3.00 bits per heavy atom. The zero-order valence-electron chi connectivity index (χ0n) is 8.27. The fourth-order valence-electron chi connectivity index (χ4n) is 1.18. The summed E-state index contributed by atoms with van der Waals surface area (Å²) < 4.78 is 6.66. The number of aryl methyl sites for hydroxylation is 2. The maximum atomic E-state index is 5.05. The standard InChI is InChI=1S/C9H12N4O/c1-3-4-8-10-9(12-14-8)13-6-5-7(2)11-13/h5-6H,3-4H2,1-2H3. The van der Waals surface area contributed by atoms with E-state index in [0.29, 0.717) is 11.8 Å². The molecule has 2 aromatic heterocycles. The molecule has 0 fully saturated rings. The largest absolute Gasteiger partial charge is 0.337 e. The van der Waals surface area contributed by atoms with E-state index in [2.05, 4.69) is 22.2 Å². The molecular formula is C9H12N4O. The minimum atomic E-state index is 0.501. The molecule has 0 saturated heterocycles. The number of hydrogen-bond acceptors (Lipinski definition) is 4. The van der Waals surface area contributed by atoms with E-state index in [1.807, 2.05) is 19.2 Å². The van der Waals surface area contributed by atoms with Crippen LogP contribution in [0.2, 0.25) is 0 Å². The summed E-state index contributed by atoms with van der Waals surface area (Å²) in [6.45, 7) is 3.99. The van der Waals surface area contributed by atoms with E-state index >= 15 is 0 Å². The van der Waals surface area contributed by atoms with Crippen LogP contribution in [0.15, 0.2) is 16.8 Å². The SMILES string of the molecule is CCCc1nc(-n2ccc(C)n2)no1. The lowest BCUT2D eigenvalue weighted by Crippen LogP contribution is -1.97. The van der Waals surface area contributed by atoms with Crippen LogP contribution in [0.25, 0.3) is 5.95 Å². The summed E-state index contributed by atoms with van der Waals surface area (Å²) in [4.78, 5) is 4.21. The fraction of sp³-hybridized carbons (Fsp3) is 0.444. The molecule has 2 heterocycles. The minimum absolute atomic E-state index is 0.501. The van der Waals surface area contributed by atoms with E-state index < -0.39 is 0 Å². The van der Waals surface area contributed by atoms with Gasteiger partial charge in [-0.2, -0.15) is 10.1 Å². The van der Waals surface area contributed by atoms with Gasteiger partial charge >= 0.3 is 0 Å². The average molecular weight is 192 g/mol. The van der Waals surface area contributed by atoms with Gasteiger partial charge in [0.2, 0.25) is 5.89 Å². The molecule has 0 aliphatic carbocycles. The molecule has 74 valence electrons. The van der Waals surface area contributed by atoms with Crippen LogP contribution >= 0.6 is 0 Å². The molecule has 0 radical (unpaired) electrons. The van der Waals surface area contributed by atoms with Crippen LogP contribution in [0.1, 0.15) is 24.9 Å². The Labute approximate surface area is 81.7 Å². The minimum Gasteiger partial charge on any atom is -0.337 e. The second kappa shape index (κ2) is 3.61. The zero-order chi connectivity index (χ0) is 9.97. The zero-order valence-corrected chi connectivity index (χ0v) is 8.27. The highest BCUT2D eigenvalue weighted by Gasteiger charge is 2.07. The molecule has 0 aliphatic heterocycles. The van der Waals surface area contributed by atoms with Gasteiger partial charge in [0.25, 0.3) is 5.95 Å². The van der Waals surface area contributed by atoms with Gasteiger partial charge in [-0.3, -0.25) is 0 Å². The highest BCUT2D eigenvalue weighted by molar-refractivity contribution is 5.09. The van der Waals surface area contributed by atoms with Crippen molar-refractivity contribution in [3.63, 3.8) is 0 Å². The third-order valence-corrected chi connectivity index (χ3v) is 1.85. The predicted octanol–water partition coefficient (Wildman–Crippen LogP) is 1.52. The third kappa shape index (κ3) is 1.66. The van der Waals surface area contributed by atoms with Crippen LogP contribution in [0.4, 0.5) is 0 Å². The Balaban J connectivity index is 2.24. The van der Waals surface area contributed by atoms with Crippen molar-refractivity contribution in [1.82, 2.24) is 19.9 Å². The molecule has 2 aromatic rings. The highest BCUT2D eigenvalue weighted by Crippen LogP contribution is 2.05. The maximum Gasteiger partial charge on any atom is 0.290 e. The first-order valence-electron chi connectivity index (χ1n) is 4.65. The second-order valence-corrected chi connectivity index (χ2v) is 3.14. The molecule has 0 amide bonds. The second-order valence-electron chi connectivity index (χ2n) is 3.14. The van der Waals surface area contributed by atoms with Crippen LogP contribution in [-0.2, 0) is 6.42 Å². The smallest absolute Gasteiger partial charge is 0.290 e. The summed E-state index contributed by atoms with van der Waals surface area (Å²) in [5, 5.41) is 8.02. The first kappa shape index (κ1) is 8.93. The molecule has 14 heavy (non-hydrogen) atoms. The summed E-state index contributed by atoms with van der Waals surface area (Å²) in [6.07, 6.45) is 3.63. The van der Waals surface area contributed by atoms with E-state index in [9.17, 15) is 0 Å². The van der Waals surface area contributed by atoms with Gasteiger partial charge in [-0.25, -0.2) is 4.68 Å². The molecule has 0 atom stereocenters. The lowest BCUT2D eigenvalue weighted by molar-refractivity contribution is 0.374. The summed E-state index contributed by atoms with van der Waals surface area (Å²) in [7, 11) is 0. The van der Waals surface area contributed by atoms with Gasteiger partial charge in [-0.1, -0.05) is 6.92 Å². The van der Waals surface area contributed by atoms with Crippen LogP contribution < -0.4 is 0 Å². The van der Waals surface area contributed by atoms with Crippen molar-refractivity contribution in [2.24, 2.45) is 0 Å². The Kier molecular flexibility index (Phi) is 2.30. The van der Waals surface area contributed by atoms with E-state index in [0.717, 1.165) is 18.5 Å². The molecule has 0 spiro atoms. The normalized spacial score (nSPS) is 10.7. The number of rotatable bonds is 3. The van der Waals surface area contributed by atoms with Crippen LogP contribution in [0, 0.1) is 6.92 Å². The van der Waals surface area contributed by atoms with Crippen molar-refractivity contribution in [3.05, 3.63) is 23.8 Å². The summed E-state index contributed by atoms with van der Waals surface area (Å²) in [6, 6.07) is 1.90. The molecule has 0 saturated carbocycles. The third-order valence-electron chi connectivity index (χ3n) is 1.85. The van der Waals surface area contributed by atoms with E-state index in [1.165, 1.54) is 0 Å². The predicted molar refractivity (Wildman–Crippen MR) is 50.2 cm³/mol. The number of hydrogen-bond donors (Lipinski definition) is 0. The van der Waals surface area contributed by atoms with Gasteiger partial charge < -0.3 is 4.52 Å². The van der Waals surface area contributed by atoms with Crippen molar-refractivity contribution in [3.8, 4) is 5.95 Å². The maximum absolute atomic E-state index is 5.05. The van der Waals surface area contributed by atoms with Gasteiger partial charge in [-0.05, 0) is 24.6 Å². The summed E-state index contributed by atoms with van der Waals surface area (Å²) >= 11 is 0. The van der Waals surface area contributed by atoms with Crippen LogP contribution in [-0.4, -0.2) is 19.9 Å². The van der Waals surface area contributed by atoms with E-state index in [-0.39, 0.29) is 0 Å². The monoisotopic (exact) mass is 192 g/mol. The van der Waals surface area contributed by atoms with Crippen molar-refractivity contribution >= 4 is 0 Å². The molecule has 2 rings (SSSR count). The van der Waals surface area contributed by atoms with Crippen molar-refractivity contribution < 1.29 is 4.52 Å². The first-order valence-corrected chi connectivity index (χ1v) is 4.65. The molecule has 0 bridgehead atoms. The molecule has 0 aromatic carbocycles. The summed E-state index contributed by atoms with van der Waals surface area (Å²) in [5.74, 6) is 1.16. The Hall–Kier alpha value is -1.65. The first-order chi connectivity index (χ1) is 6.79. The summed E-state index contributed by atoms with van der Waals surface area (Å²) in [5.41, 5.74) is 0.937. The van der Waals surface area contributed by atoms with Gasteiger partial charge in [0.05, 0.1) is 5.69 Å². The molecule has 5 heteroatoms. The van der Waals surface area contributed by atoms with Crippen LogP contribution in [0.3, 0.4) is 0 Å². The average Bonchev–Trinajstić information content (AvgIpc) is 2.74. The Morgan fingerprint density at radius 2 is 2.36 bits per heavy atom. The Bertz CT molecular complexity index is 418. The number of nitrogens with zero attached hydrogens (tertiary/aromatic N) is 4. The van der Waals surface area contributed by atoms with Crippen molar-refractivity contribution in [2.75, 3.05) is 0 Å².